The molecule has 0 aromatic carbocycles. The van der Waals surface area contributed by atoms with Gasteiger partial charge in [-0.2, -0.15) is 0 Å². The van der Waals surface area contributed by atoms with Gasteiger partial charge in [0.05, 0.1) is 0 Å². The van der Waals surface area contributed by atoms with Crippen molar-refractivity contribution in [2.24, 2.45) is 0 Å². The third-order valence-corrected chi connectivity index (χ3v) is 4.05. The molecule has 139 valence electrons. The number of allylic oxidation sites excluding steroid dienone is 10. The topological polar surface area (TPSA) is 17.1 Å². The van der Waals surface area contributed by atoms with Crippen LogP contribution in [0.15, 0.2) is 60.8 Å². The molecule has 0 aromatic heterocycles. The van der Waals surface area contributed by atoms with E-state index in [0.717, 1.165) is 0 Å². The zero-order valence-electron chi connectivity index (χ0n) is 16.2. The van der Waals surface area contributed by atoms with Crippen molar-refractivity contribution >= 4 is 6.29 Å². The van der Waals surface area contributed by atoms with E-state index in [9.17, 15) is 4.79 Å². The monoisotopic (exact) mass is 341 g/mol. The van der Waals surface area contributed by atoms with Crippen molar-refractivity contribution < 1.29 is 4.79 Å². The Labute approximate surface area is 156 Å². The molecule has 0 saturated heterocycles. The van der Waals surface area contributed by atoms with Gasteiger partial charge in [0.2, 0.25) is 6.29 Å². The van der Waals surface area contributed by atoms with Crippen molar-refractivity contribution in [1.29, 1.82) is 0 Å². The third kappa shape index (κ3) is 22.4. The maximum Gasteiger partial charge on any atom is 0.225 e. The SMILES string of the molecule is CCCCCCCCCCCCC/C=C/C=C/C=C/C=C/C=C/[C]=O. The molecule has 0 aromatic rings. The number of hydrogen-bond donors (Lipinski definition) is 0. The van der Waals surface area contributed by atoms with Gasteiger partial charge in [0.1, 0.15) is 0 Å². The van der Waals surface area contributed by atoms with Crippen LogP contribution in [0.3, 0.4) is 0 Å². The number of carbonyl (C=O) groups excluding carboxylic acids is 1. The summed E-state index contributed by atoms with van der Waals surface area (Å²) in [6.07, 6.45) is 37.3. The summed E-state index contributed by atoms with van der Waals surface area (Å²) < 4.78 is 0. The van der Waals surface area contributed by atoms with Crippen LogP contribution in [0.2, 0.25) is 0 Å². The minimum atomic E-state index is 1.18. The smallest absolute Gasteiger partial charge is 0.225 e. The molecule has 0 unspecified atom stereocenters. The maximum atomic E-state index is 9.92. The van der Waals surface area contributed by atoms with Crippen LogP contribution in [0, 0.1) is 0 Å². The molecule has 0 heterocycles. The van der Waals surface area contributed by atoms with E-state index in [4.69, 9.17) is 0 Å². The van der Waals surface area contributed by atoms with Gasteiger partial charge in [-0.3, -0.25) is 4.79 Å². The minimum Gasteiger partial charge on any atom is -0.286 e. The molecular weight excluding hydrogens is 304 g/mol. The Morgan fingerprint density at radius 3 is 1.52 bits per heavy atom. The fourth-order valence-electron chi connectivity index (χ4n) is 2.58. The molecule has 0 N–H and O–H groups in total. The van der Waals surface area contributed by atoms with E-state index in [1.165, 1.54) is 83.1 Å². The van der Waals surface area contributed by atoms with Crippen molar-refractivity contribution in [2.45, 2.75) is 84.0 Å². The Kier molecular flexibility index (Phi) is 20.9. The molecule has 0 fully saturated rings. The Balaban J connectivity index is 3.33. The van der Waals surface area contributed by atoms with Crippen molar-refractivity contribution in [3.8, 4) is 0 Å². The highest BCUT2D eigenvalue weighted by Crippen LogP contribution is 2.11. The van der Waals surface area contributed by atoms with Gasteiger partial charge in [-0.05, 0) is 18.9 Å². The lowest BCUT2D eigenvalue weighted by Crippen LogP contribution is -1.81. The Morgan fingerprint density at radius 2 is 1.00 bits per heavy atom. The average molecular weight is 342 g/mol. The molecule has 25 heavy (non-hydrogen) atoms. The summed E-state index contributed by atoms with van der Waals surface area (Å²) in [6, 6.07) is 0. The van der Waals surface area contributed by atoms with E-state index in [0.29, 0.717) is 0 Å². The summed E-state index contributed by atoms with van der Waals surface area (Å²) in [5, 5.41) is 0. The van der Waals surface area contributed by atoms with Gasteiger partial charge in [-0.1, -0.05) is 126 Å². The summed E-state index contributed by atoms with van der Waals surface area (Å²) in [5.74, 6) is 0. The first kappa shape index (κ1) is 23.4. The fourth-order valence-corrected chi connectivity index (χ4v) is 2.58. The predicted molar refractivity (Wildman–Crippen MR) is 112 cm³/mol. The quantitative estimate of drug-likeness (QED) is 0.151. The Morgan fingerprint density at radius 1 is 0.560 bits per heavy atom. The average Bonchev–Trinajstić information content (AvgIpc) is 2.63. The van der Waals surface area contributed by atoms with Gasteiger partial charge in [0.25, 0.3) is 0 Å². The molecular formula is C24H37O. The van der Waals surface area contributed by atoms with Gasteiger partial charge in [0.15, 0.2) is 0 Å². The molecule has 0 spiro atoms. The zero-order valence-corrected chi connectivity index (χ0v) is 16.2. The first-order valence-corrected chi connectivity index (χ1v) is 10.1. The molecule has 0 saturated carbocycles. The third-order valence-electron chi connectivity index (χ3n) is 4.05. The fraction of sp³-hybridized carbons (Fsp3) is 0.542. The van der Waals surface area contributed by atoms with Crippen LogP contribution in [0.25, 0.3) is 0 Å². The molecule has 0 bridgehead atoms. The molecule has 0 amide bonds. The molecule has 0 atom stereocenters. The number of rotatable bonds is 17. The van der Waals surface area contributed by atoms with Gasteiger partial charge in [0, 0.05) is 0 Å². The largest absolute Gasteiger partial charge is 0.286 e. The van der Waals surface area contributed by atoms with Crippen molar-refractivity contribution in [3.05, 3.63) is 60.8 Å². The standard InChI is InChI=1S/C24H37O/c1-2-3-4-5-6-7-8-9-10-11-12-13-14-15-16-17-18-19-20-21-22-23-24-25/h14-23H,2-13H2,1H3/b15-14+,17-16+,19-18+,21-20+,23-22+. The Bertz CT molecular complexity index is 410. The second-order valence-corrected chi connectivity index (χ2v) is 6.38. The number of hydrogen-bond acceptors (Lipinski definition) is 1. The maximum absolute atomic E-state index is 9.92. The summed E-state index contributed by atoms with van der Waals surface area (Å²) in [6.45, 7) is 2.28. The van der Waals surface area contributed by atoms with E-state index in [2.05, 4.69) is 25.2 Å². The highest BCUT2D eigenvalue weighted by atomic mass is 16.1. The van der Waals surface area contributed by atoms with Crippen LogP contribution >= 0.6 is 0 Å². The molecule has 1 heteroatoms. The summed E-state index contributed by atoms with van der Waals surface area (Å²) in [5.41, 5.74) is 0. The number of unbranched alkanes of at least 4 members (excludes halogenated alkanes) is 11. The van der Waals surface area contributed by atoms with Gasteiger partial charge in [-0.25, -0.2) is 0 Å². The lowest BCUT2D eigenvalue weighted by atomic mass is 10.1. The van der Waals surface area contributed by atoms with Crippen molar-refractivity contribution in [1.82, 2.24) is 0 Å². The van der Waals surface area contributed by atoms with E-state index in [1.54, 1.807) is 18.4 Å². The summed E-state index contributed by atoms with van der Waals surface area (Å²) >= 11 is 0. The summed E-state index contributed by atoms with van der Waals surface area (Å²) in [7, 11) is 0. The first-order chi connectivity index (χ1) is 12.4. The molecule has 0 aliphatic heterocycles. The van der Waals surface area contributed by atoms with Crippen LogP contribution in [-0.4, -0.2) is 6.29 Å². The second kappa shape index (κ2) is 22.4. The first-order valence-electron chi connectivity index (χ1n) is 10.1. The molecule has 1 nitrogen and oxygen atoms in total. The minimum absolute atomic E-state index is 1.18. The lowest BCUT2D eigenvalue weighted by molar-refractivity contribution is 0.550. The summed E-state index contributed by atoms with van der Waals surface area (Å²) in [4.78, 5) is 9.92. The van der Waals surface area contributed by atoms with Crippen LogP contribution in [0.5, 0.6) is 0 Å². The molecule has 0 aliphatic carbocycles. The van der Waals surface area contributed by atoms with Crippen molar-refractivity contribution in [3.63, 3.8) is 0 Å². The molecule has 0 rings (SSSR count). The van der Waals surface area contributed by atoms with Crippen LogP contribution in [0.4, 0.5) is 0 Å². The lowest BCUT2D eigenvalue weighted by Gasteiger charge is -2.01. The van der Waals surface area contributed by atoms with Crippen molar-refractivity contribution in [2.75, 3.05) is 0 Å². The van der Waals surface area contributed by atoms with Gasteiger partial charge < -0.3 is 0 Å². The zero-order chi connectivity index (χ0) is 18.3. The highest BCUT2D eigenvalue weighted by molar-refractivity contribution is 5.66. The molecule has 1 radical (unpaired) electrons. The van der Waals surface area contributed by atoms with Crippen LogP contribution in [0.1, 0.15) is 84.0 Å². The van der Waals surface area contributed by atoms with E-state index >= 15 is 0 Å². The van der Waals surface area contributed by atoms with E-state index in [1.807, 2.05) is 24.3 Å². The van der Waals surface area contributed by atoms with E-state index in [-0.39, 0.29) is 0 Å². The van der Waals surface area contributed by atoms with E-state index < -0.39 is 0 Å². The normalized spacial score (nSPS) is 12.7. The van der Waals surface area contributed by atoms with Crippen LogP contribution in [-0.2, 0) is 4.79 Å². The predicted octanol–water partition coefficient (Wildman–Crippen LogP) is 7.58. The van der Waals surface area contributed by atoms with Gasteiger partial charge >= 0.3 is 0 Å². The van der Waals surface area contributed by atoms with Gasteiger partial charge in [-0.15, -0.1) is 0 Å². The highest BCUT2D eigenvalue weighted by Gasteiger charge is 1.92. The van der Waals surface area contributed by atoms with Crippen LogP contribution < -0.4 is 0 Å². The Hall–Kier alpha value is -1.63. The second-order valence-electron chi connectivity index (χ2n) is 6.38. The molecule has 0 aliphatic rings.